The van der Waals surface area contributed by atoms with E-state index in [9.17, 15) is 4.79 Å². The number of fused-ring (bicyclic) bond motifs is 1. The first-order chi connectivity index (χ1) is 10.3. The van der Waals surface area contributed by atoms with Crippen LogP contribution in [-0.4, -0.2) is 12.7 Å². The Morgan fingerprint density at radius 2 is 1.95 bits per heavy atom. The minimum atomic E-state index is -0.680. The summed E-state index contributed by atoms with van der Waals surface area (Å²) in [4.78, 5) is 12.1. The Labute approximate surface area is 122 Å². The maximum atomic E-state index is 12.1. The van der Waals surface area contributed by atoms with Crippen LogP contribution in [0.1, 0.15) is 17.2 Å². The van der Waals surface area contributed by atoms with Crippen LogP contribution in [0.3, 0.4) is 0 Å². The van der Waals surface area contributed by atoms with E-state index < -0.39 is 6.04 Å². The third-order valence-corrected chi connectivity index (χ3v) is 3.37. The van der Waals surface area contributed by atoms with Crippen LogP contribution in [0.15, 0.2) is 48.5 Å². The molecule has 108 valence electrons. The molecule has 21 heavy (non-hydrogen) atoms. The molecule has 0 aliphatic carbocycles. The molecule has 0 spiro atoms. The molecule has 3 rings (SSSR count). The Morgan fingerprint density at radius 1 is 1.14 bits per heavy atom. The maximum Gasteiger partial charge on any atom is 0.241 e. The summed E-state index contributed by atoms with van der Waals surface area (Å²) in [6.07, 6.45) is 0. The van der Waals surface area contributed by atoms with Gasteiger partial charge < -0.3 is 20.5 Å². The second kappa shape index (κ2) is 5.85. The van der Waals surface area contributed by atoms with Crippen molar-refractivity contribution in [2.45, 2.75) is 12.6 Å². The Hall–Kier alpha value is -2.53. The number of amides is 1. The summed E-state index contributed by atoms with van der Waals surface area (Å²) in [6, 6.07) is 14.2. The van der Waals surface area contributed by atoms with E-state index in [0.717, 1.165) is 11.1 Å². The second-order valence-electron chi connectivity index (χ2n) is 4.76. The predicted molar refractivity (Wildman–Crippen MR) is 77.8 cm³/mol. The van der Waals surface area contributed by atoms with Crippen molar-refractivity contribution in [3.63, 3.8) is 0 Å². The van der Waals surface area contributed by atoms with Crippen LogP contribution in [0.25, 0.3) is 0 Å². The van der Waals surface area contributed by atoms with E-state index in [1.807, 2.05) is 48.5 Å². The van der Waals surface area contributed by atoms with E-state index in [0.29, 0.717) is 18.0 Å². The van der Waals surface area contributed by atoms with E-state index in [2.05, 4.69) is 5.32 Å². The molecule has 2 aromatic carbocycles. The number of ether oxygens (including phenoxy) is 2. The van der Waals surface area contributed by atoms with Gasteiger partial charge in [-0.05, 0) is 11.6 Å². The van der Waals surface area contributed by atoms with Crippen LogP contribution in [0.2, 0.25) is 0 Å². The van der Waals surface area contributed by atoms with Crippen molar-refractivity contribution in [2.75, 3.05) is 6.79 Å². The summed E-state index contributed by atoms with van der Waals surface area (Å²) in [5, 5.41) is 2.83. The van der Waals surface area contributed by atoms with Crippen LogP contribution in [-0.2, 0) is 11.3 Å². The van der Waals surface area contributed by atoms with Crippen LogP contribution in [0.5, 0.6) is 11.5 Å². The van der Waals surface area contributed by atoms with Crippen molar-refractivity contribution >= 4 is 5.91 Å². The van der Waals surface area contributed by atoms with Gasteiger partial charge in [-0.25, -0.2) is 0 Å². The van der Waals surface area contributed by atoms with Crippen LogP contribution >= 0.6 is 0 Å². The molecule has 0 saturated heterocycles. The molecular formula is C16H16N2O3. The van der Waals surface area contributed by atoms with Gasteiger partial charge in [0.1, 0.15) is 6.04 Å². The third kappa shape index (κ3) is 2.83. The summed E-state index contributed by atoms with van der Waals surface area (Å²) in [5.74, 6) is 1.16. The van der Waals surface area contributed by atoms with Gasteiger partial charge >= 0.3 is 0 Å². The van der Waals surface area contributed by atoms with Gasteiger partial charge in [0, 0.05) is 12.1 Å². The number of carbonyl (C=O) groups excluding carboxylic acids is 1. The van der Waals surface area contributed by atoms with Gasteiger partial charge in [-0.15, -0.1) is 0 Å². The fourth-order valence-corrected chi connectivity index (χ4v) is 2.23. The molecule has 1 aliphatic heterocycles. The van der Waals surface area contributed by atoms with Crippen molar-refractivity contribution in [2.24, 2.45) is 5.73 Å². The Kier molecular flexibility index (Phi) is 3.75. The highest BCUT2D eigenvalue weighted by Crippen LogP contribution is 2.35. The lowest BCUT2D eigenvalue weighted by atomic mass is 10.1. The smallest absolute Gasteiger partial charge is 0.241 e. The summed E-state index contributed by atoms with van der Waals surface area (Å²) in [6.45, 7) is 0.565. The molecule has 0 radical (unpaired) electrons. The minimum Gasteiger partial charge on any atom is -0.454 e. The highest BCUT2D eigenvalue weighted by atomic mass is 16.7. The monoisotopic (exact) mass is 284 g/mol. The quantitative estimate of drug-likeness (QED) is 0.896. The highest BCUT2D eigenvalue weighted by Gasteiger charge is 2.19. The zero-order valence-corrected chi connectivity index (χ0v) is 11.4. The lowest BCUT2D eigenvalue weighted by molar-refractivity contribution is -0.122. The van der Waals surface area contributed by atoms with Crippen LogP contribution in [0.4, 0.5) is 0 Å². The topological polar surface area (TPSA) is 73.6 Å². The van der Waals surface area contributed by atoms with E-state index in [1.54, 1.807) is 0 Å². The van der Waals surface area contributed by atoms with E-state index in [1.165, 1.54) is 0 Å². The first-order valence-electron chi connectivity index (χ1n) is 6.71. The molecule has 0 saturated carbocycles. The van der Waals surface area contributed by atoms with Crippen LogP contribution in [0, 0.1) is 0 Å². The highest BCUT2D eigenvalue weighted by molar-refractivity contribution is 5.83. The average Bonchev–Trinajstić information content (AvgIpc) is 3.02. The van der Waals surface area contributed by atoms with Gasteiger partial charge in [-0.3, -0.25) is 4.79 Å². The molecule has 0 fully saturated rings. The normalized spacial score (nSPS) is 13.8. The molecule has 1 heterocycles. The number of benzene rings is 2. The van der Waals surface area contributed by atoms with Crippen molar-refractivity contribution in [1.82, 2.24) is 5.32 Å². The number of nitrogens with two attached hydrogens (primary N) is 1. The van der Waals surface area contributed by atoms with Gasteiger partial charge in [-0.1, -0.05) is 42.5 Å². The number of hydrogen-bond acceptors (Lipinski definition) is 4. The number of para-hydroxylation sites is 1. The van der Waals surface area contributed by atoms with Crippen molar-refractivity contribution in [1.29, 1.82) is 0 Å². The van der Waals surface area contributed by atoms with Crippen molar-refractivity contribution in [3.05, 3.63) is 59.7 Å². The standard InChI is InChI=1S/C16H16N2O3/c17-14(11-5-2-1-3-6-11)16(19)18-9-12-7-4-8-13-15(12)21-10-20-13/h1-8,14H,9-10,17H2,(H,18,19). The second-order valence-corrected chi connectivity index (χ2v) is 4.76. The molecule has 5 heteroatoms. The Bertz CT molecular complexity index is 643. The summed E-state index contributed by atoms with van der Waals surface area (Å²) in [5.41, 5.74) is 7.61. The van der Waals surface area contributed by atoms with Crippen molar-refractivity contribution in [3.8, 4) is 11.5 Å². The number of rotatable bonds is 4. The van der Waals surface area contributed by atoms with Gasteiger partial charge in [0.05, 0.1) is 0 Å². The summed E-state index contributed by atoms with van der Waals surface area (Å²) >= 11 is 0. The summed E-state index contributed by atoms with van der Waals surface area (Å²) in [7, 11) is 0. The third-order valence-electron chi connectivity index (χ3n) is 3.37. The minimum absolute atomic E-state index is 0.212. The number of nitrogens with one attached hydrogen (secondary N) is 1. The molecule has 1 atom stereocenters. The van der Waals surface area contributed by atoms with E-state index in [4.69, 9.17) is 15.2 Å². The maximum absolute atomic E-state index is 12.1. The van der Waals surface area contributed by atoms with Gasteiger partial charge in [0.2, 0.25) is 12.7 Å². The first kappa shape index (κ1) is 13.5. The van der Waals surface area contributed by atoms with E-state index in [-0.39, 0.29) is 12.7 Å². The molecule has 2 aromatic rings. The Morgan fingerprint density at radius 3 is 2.76 bits per heavy atom. The average molecular weight is 284 g/mol. The lowest BCUT2D eigenvalue weighted by Crippen LogP contribution is -2.33. The van der Waals surface area contributed by atoms with Crippen LogP contribution < -0.4 is 20.5 Å². The molecule has 5 nitrogen and oxygen atoms in total. The van der Waals surface area contributed by atoms with Crippen molar-refractivity contribution < 1.29 is 14.3 Å². The zero-order chi connectivity index (χ0) is 14.7. The van der Waals surface area contributed by atoms with E-state index >= 15 is 0 Å². The summed E-state index contributed by atoms with van der Waals surface area (Å²) < 4.78 is 10.7. The SMILES string of the molecule is NC(C(=O)NCc1cccc2c1OCO2)c1ccccc1. The van der Waals surface area contributed by atoms with Gasteiger partial charge in [0.15, 0.2) is 11.5 Å². The molecule has 1 aliphatic rings. The molecule has 1 amide bonds. The first-order valence-corrected chi connectivity index (χ1v) is 6.71. The largest absolute Gasteiger partial charge is 0.454 e. The van der Waals surface area contributed by atoms with Gasteiger partial charge in [-0.2, -0.15) is 0 Å². The fourth-order valence-electron chi connectivity index (χ4n) is 2.23. The Balaban J connectivity index is 1.66. The lowest BCUT2D eigenvalue weighted by Gasteiger charge is -2.13. The molecular weight excluding hydrogens is 268 g/mol. The number of carbonyl (C=O) groups is 1. The zero-order valence-electron chi connectivity index (χ0n) is 11.4. The van der Waals surface area contributed by atoms with Gasteiger partial charge in [0.25, 0.3) is 0 Å². The fraction of sp³-hybridized carbons (Fsp3) is 0.188. The molecule has 1 unspecified atom stereocenters. The molecule has 0 aromatic heterocycles. The number of hydrogen-bond donors (Lipinski definition) is 2. The molecule has 3 N–H and O–H groups in total. The predicted octanol–water partition coefficient (Wildman–Crippen LogP) is 1.73. The molecule has 0 bridgehead atoms.